The summed E-state index contributed by atoms with van der Waals surface area (Å²) in [6.07, 6.45) is 32.0. The molecule has 0 spiro atoms. The van der Waals surface area contributed by atoms with Crippen molar-refractivity contribution in [1.29, 1.82) is 0 Å². The van der Waals surface area contributed by atoms with Crippen LogP contribution in [-0.4, -0.2) is 39.3 Å². The number of unbranched alkanes of at least 4 members (excludes halogenated alkanes) is 19. The first-order valence-electron chi connectivity index (χ1n) is 16.1. The van der Waals surface area contributed by atoms with Gasteiger partial charge in [0, 0.05) is 0 Å². The molecule has 0 radical (unpaired) electrons. The third kappa shape index (κ3) is 41.2. The summed E-state index contributed by atoms with van der Waals surface area (Å²) in [5.74, 6) is 0. The second-order valence-corrected chi connectivity index (χ2v) is 10.5. The van der Waals surface area contributed by atoms with Crippen molar-refractivity contribution in [3.63, 3.8) is 0 Å². The molecule has 0 saturated carbocycles. The summed E-state index contributed by atoms with van der Waals surface area (Å²) in [5, 5.41) is 6.87. The number of nitrogens with one attached hydrogen (secondary N) is 2. The molecule has 0 bridgehead atoms. The molecule has 0 amide bonds. The molecule has 0 heterocycles. The van der Waals surface area contributed by atoms with Crippen molar-refractivity contribution in [1.82, 2.24) is 10.6 Å². The van der Waals surface area contributed by atoms with Crippen LogP contribution < -0.4 is 22.1 Å². The van der Waals surface area contributed by atoms with Crippen LogP contribution in [0.4, 0.5) is 0 Å². The highest BCUT2D eigenvalue weighted by molar-refractivity contribution is 4.52. The van der Waals surface area contributed by atoms with Gasteiger partial charge in [0.2, 0.25) is 0 Å². The van der Waals surface area contributed by atoms with E-state index >= 15 is 0 Å². The summed E-state index contributed by atoms with van der Waals surface area (Å²) in [5.41, 5.74) is 10.9. The van der Waals surface area contributed by atoms with Crippen molar-refractivity contribution in [2.75, 3.05) is 39.3 Å². The zero-order chi connectivity index (χ0) is 25.9. The van der Waals surface area contributed by atoms with Crippen LogP contribution >= 0.6 is 0 Å². The molecule has 0 rings (SSSR count). The van der Waals surface area contributed by atoms with E-state index in [9.17, 15) is 0 Å². The zero-order valence-corrected chi connectivity index (χ0v) is 24.7. The van der Waals surface area contributed by atoms with Gasteiger partial charge in [-0.15, -0.1) is 0 Å². The molecule has 35 heavy (non-hydrogen) atoms. The van der Waals surface area contributed by atoms with Crippen LogP contribution in [0, 0.1) is 0 Å². The molecular weight excluding hydrogens is 428 g/mol. The van der Waals surface area contributed by atoms with Gasteiger partial charge >= 0.3 is 0 Å². The number of hydrogen-bond donors (Lipinski definition) is 4. The van der Waals surface area contributed by atoms with Crippen LogP contribution in [0.25, 0.3) is 0 Å². The van der Waals surface area contributed by atoms with E-state index in [0.29, 0.717) is 0 Å². The van der Waals surface area contributed by atoms with Crippen molar-refractivity contribution in [3.05, 3.63) is 0 Å². The monoisotopic (exact) mass is 499 g/mol. The Labute approximate surface area is 222 Å². The van der Waals surface area contributed by atoms with E-state index in [4.69, 9.17) is 11.5 Å². The van der Waals surface area contributed by atoms with Crippen LogP contribution in [0.2, 0.25) is 0 Å². The topological polar surface area (TPSA) is 76.1 Å². The molecular formula is C31H70N4. The predicted octanol–water partition coefficient (Wildman–Crippen LogP) is 8.08. The Morgan fingerprint density at radius 1 is 0.314 bits per heavy atom. The molecule has 0 aromatic rings. The van der Waals surface area contributed by atoms with Gasteiger partial charge in [-0.3, -0.25) is 0 Å². The van der Waals surface area contributed by atoms with Crippen LogP contribution in [0.1, 0.15) is 162 Å². The third-order valence-corrected chi connectivity index (χ3v) is 6.78. The second kappa shape index (κ2) is 38.4. The predicted molar refractivity (Wildman–Crippen MR) is 161 cm³/mol. The second-order valence-electron chi connectivity index (χ2n) is 10.5. The van der Waals surface area contributed by atoms with Crippen molar-refractivity contribution < 1.29 is 0 Å². The summed E-state index contributed by atoms with van der Waals surface area (Å²) in [6, 6.07) is 0. The van der Waals surface area contributed by atoms with Crippen LogP contribution in [0.15, 0.2) is 0 Å². The van der Waals surface area contributed by atoms with E-state index < -0.39 is 0 Å². The molecule has 0 unspecified atom stereocenters. The van der Waals surface area contributed by atoms with Crippen molar-refractivity contribution in [2.24, 2.45) is 11.5 Å². The summed E-state index contributed by atoms with van der Waals surface area (Å²) in [6.45, 7) is 10.7. The first-order chi connectivity index (χ1) is 17.3. The van der Waals surface area contributed by atoms with E-state index in [1.807, 2.05) is 0 Å². The SMILES string of the molecule is CCCCCCCCCCCCCNCCCN.CCCCCCCCCCCCNCCCN. The zero-order valence-electron chi connectivity index (χ0n) is 24.7. The van der Waals surface area contributed by atoms with Gasteiger partial charge in [-0.1, -0.05) is 136 Å². The van der Waals surface area contributed by atoms with E-state index in [1.54, 1.807) is 0 Å². The van der Waals surface area contributed by atoms with Crippen LogP contribution in [0.5, 0.6) is 0 Å². The summed E-state index contributed by atoms with van der Waals surface area (Å²) in [4.78, 5) is 0. The molecule has 214 valence electrons. The fourth-order valence-corrected chi connectivity index (χ4v) is 4.36. The molecule has 0 aromatic carbocycles. The maximum absolute atomic E-state index is 5.44. The van der Waals surface area contributed by atoms with E-state index in [0.717, 1.165) is 39.0 Å². The van der Waals surface area contributed by atoms with Crippen LogP contribution in [-0.2, 0) is 0 Å². The molecule has 0 aliphatic heterocycles. The lowest BCUT2D eigenvalue weighted by Crippen LogP contribution is -2.19. The highest BCUT2D eigenvalue weighted by atomic mass is 14.8. The smallest absolute Gasteiger partial charge is 0.00369 e. The summed E-state index contributed by atoms with van der Waals surface area (Å²) in [7, 11) is 0. The minimum Gasteiger partial charge on any atom is -0.330 e. The fraction of sp³-hybridized carbons (Fsp3) is 1.00. The van der Waals surface area contributed by atoms with Gasteiger partial charge in [0.15, 0.2) is 0 Å². The Morgan fingerprint density at radius 2 is 0.543 bits per heavy atom. The van der Waals surface area contributed by atoms with Gasteiger partial charge in [0.05, 0.1) is 0 Å². The number of nitrogens with two attached hydrogens (primary N) is 2. The molecule has 0 aromatic heterocycles. The van der Waals surface area contributed by atoms with Crippen molar-refractivity contribution >= 4 is 0 Å². The molecule has 0 atom stereocenters. The maximum Gasteiger partial charge on any atom is -0.00369 e. The third-order valence-electron chi connectivity index (χ3n) is 6.78. The Morgan fingerprint density at radius 3 is 0.800 bits per heavy atom. The molecule has 0 aliphatic carbocycles. The summed E-state index contributed by atoms with van der Waals surface area (Å²) < 4.78 is 0. The number of rotatable bonds is 29. The lowest BCUT2D eigenvalue weighted by Gasteiger charge is -2.04. The Kier molecular flexibility index (Phi) is 40.6. The molecule has 4 nitrogen and oxygen atoms in total. The Hall–Kier alpha value is -0.160. The fourth-order valence-electron chi connectivity index (χ4n) is 4.36. The average Bonchev–Trinajstić information content (AvgIpc) is 2.87. The lowest BCUT2D eigenvalue weighted by molar-refractivity contribution is 0.537. The minimum atomic E-state index is 0.811. The standard InChI is InChI=1S/C16H36N2.C15H34N2/c1-2-3-4-5-6-7-8-9-10-11-12-15-18-16-13-14-17;1-2-3-4-5-6-7-8-9-10-11-14-17-15-12-13-16/h18H,2-17H2,1H3;17H,2-16H2,1H3. The van der Waals surface area contributed by atoms with Gasteiger partial charge in [0.25, 0.3) is 0 Å². The van der Waals surface area contributed by atoms with Crippen LogP contribution in [0.3, 0.4) is 0 Å². The molecule has 6 N–H and O–H groups in total. The van der Waals surface area contributed by atoms with Gasteiger partial charge in [-0.05, 0) is 65.0 Å². The van der Waals surface area contributed by atoms with Gasteiger partial charge < -0.3 is 22.1 Å². The average molecular weight is 499 g/mol. The van der Waals surface area contributed by atoms with Gasteiger partial charge in [0.1, 0.15) is 0 Å². The quantitative estimate of drug-likeness (QED) is 0.0786. The van der Waals surface area contributed by atoms with E-state index in [-0.39, 0.29) is 0 Å². The van der Waals surface area contributed by atoms with Crippen molar-refractivity contribution in [3.8, 4) is 0 Å². The first-order valence-corrected chi connectivity index (χ1v) is 16.1. The first kappa shape index (κ1) is 37.0. The molecule has 4 heteroatoms. The molecule has 0 fully saturated rings. The van der Waals surface area contributed by atoms with Crippen molar-refractivity contribution in [2.45, 2.75) is 162 Å². The summed E-state index contributed by atoms with van der Waals surface area (Å²) >= 11 is 0. The molecule has 0 aliphatic rings. The van der Waals surface area contributed by atoms with Gasteiger partial charge in [-0.2, -0.15) is 0 Å². The normalized spacial score (nSPS) is 11.0. The van der Waals surface area contributed by atoms with E-state index in [1.165, 1.54) is 148 Å². The lowest BCUT2D eigenvalue weighted by atomic mass is 10.1. The highest BCUT2D eigenvalue weighted by Crippen LogP contribution is 2.11. The minimum absolute atomic E-state index is 0.811. The maximum atomic E-state index is 5.44. The largest absolute Gasteiger partial charge is 0.330 e. The molecule has 0 saturated heterocycles. The van der Waals surface area contributed by atoms with E-state index in [2.05, 4.69) is 24.5 Å². The Balaban J connectivity index is 0. The van der Waals surface area contributed by atoms with Gasteiger partial charge in [-0.25, -0.2) is 0 Å². The Bertz CT molecular complexity index is 295. The highest BCUT2D eigenvalue weighted by Gasteiger charge is 1.94. The number of hydrogen-bond acceptors (Lipinski definition) is 4.